The van der Waals surface area contributed by atoms with Gasteiger partial charge in [-0.2, -0.15) is 0 Å². The quantitative estimate of drug-likeness (QED) is 0.863. The molecular formula is C16H25N3O. The zero-order chi connectivity index (χ0) is 14.6. The van der Waals surface area contributed by atoms with Crippen LogP contribution in [0.4, 0.5) is 5.69 Å². The first-order valence-electron chi connectivity index (χ1n) is 7.27. The molecule has 1 aromatic rings. The molecule has 4 nitrogen and oxygen atoms in total. The van der Waals surface area contributed by atoms with E-state index in [0.29, 0.717) is 6.04 Å². The molecule has 1 amide bonds. The van der Waals surface area contributed by atoms with Gasteiger partial charge in [-0.15, -0.1) is 0 Å². The molecule has 0 bridgehead atoms. The fourth-order valence-corrected chi connectivity index (χ4v) is 2.66. The van der Waals surface area contributed by atoms with Crippen molar-refractivity contribution >= 4 is 11.6 Å². The predicted molar refractivity (Wildman–Crippen MR) is 82.8 cm³/mol. The summed E-state index contributed by atoms with van der Waals surface area (Å²) in [6, 6.07) is 10.2. The van der Waals surface area contributed by atoms with Gasteiger partial charge in [0.2, 0.25) is 5.91 Å². The minimum absolute atomic E-state index is 0.0802. The normalized spacial score (nSPS) is 20.1. The van der Waals surface area contributed by atoms with E-state index in [1.807, 2.05) is 51.2 Å². The molecule has 1 aliphatic heterocycles. The van der Waals surface area contributed by atoms with Crippen LogP contribution in [0.15, 0.2) is 30.3 Å². The molecule has 0 radical (unpaired) electrons. The number of nitrogens with one attached hydrogen (secondary N) is 2. The minimum Gasteiger partial charge on any atom is -0.326 e. The molecule has 0 aliphatic carbocycles. The van der Waals surface area contributed by atoms with E-state index >= 15 is 0 Å². The monoisotopic (exact) mass is 275 g/mol. The second-order valence-electron chi connectivity index (χ2n) is 6.21. The van der Waals surface area contributed by atoms with Crippen LogP contribution in [0.25, 0.3) is 0 Å². The summed E-state index contributed by atoms with van der Waals surface area (Å²) in [5.41, 5.74) is 0.471. The molecule has 1 atom stereocenters. The summed E-state index contributed by atoms with van der Waals surface area (Å²) in [6.07, 6.45) is 1.16. The lowest BCUT2D eigenvalue weighted by molar-refractivity contribution is -0.124. The molecular weight excluding hydrogens is 250 g/mol. The Kier molecular flexibility index (Phi) is 4.78. The van der Waals surface area contributed by atoms with Crippen LogP contribution in [0.3, 0.4) is 0 Å². The van der Waals surface area contributed by atoms with Crippen LogP contribution >= 0.6 is 0 Å². The van der Waals surface area contributed by atoms with Crippen LogP contribution in [0.2, 0.25) is 0 Å². The van der Waals surface area contributed by atoms with E-state index in [0.717, 1.165) is 31.7 Å². The summed E-state index contributed by atoms with van der Waals surface area (Å²) in [6.45, 7) is 6.91. The van der Waals surface area contributed by atoms with E-state index in [1.54, 1.807) is 0 Å². The number of para-hydroxylation sites is 1. The van der Waals surface area contributed by atoms with Crippen LogP contribution in [0, 0.1) is 5.41 Å². The number of hydrogen-bond donors (Lipinski definition) is 2. The smallest absolute Gasteiger partial charge is 0.231 e. The first-order valence-corrected chi connectivity index (χ1v) is 7.27. The summed E-state index contributed by atoms with van der Waals surface area (Å²) in [5.74, 6) is 0.0802. The number of amides is 1. The Labute approximate surface area is 121 Å². The van der Waals surface area contributed by atoms with Gasteiger partial charge in [0.05, 0.1) is 5.41 Å². The Bertz CT molecular complexity index is 444. The first kappa shape index (κ1) is 15.0. The highest BCUT2D eigenvalue weighted by Crippen LogP contribution is 2.22. The molecule has 20 heavy (non-hydrogen) atoms. The molecule has 0 saturated carbocycles. The van der Waals surface area contributed by atoms with Gasteiger partial charge in [0.1, 0.15) is 0 Å². The Balaban J connectivity index is 1.91. The van der Waals surface area contributed by atoms with Crippen LogP contribution in [0.1, 0.15) is 20.3 Å². The van der Waals surface area contributed by atoms with E-state index < -0.39 is 5.41 Å². The minimum atomic E-state index is -0.390. The standard InChI is InChI=1S/C16H25N3O/c1-16(2,12-19-10-9-14(11-19)17-3)15(20)18-13-7-5-4-6-8-13/h4-8,14,17H,9-12H2,1-3H3,(H,18,20). The first-order chi connectivity index (χ1) is 9.51. The molecule has 1 saturated heterocycles. The lowest BCUT2D eigenvalue weighted by Gasteiger charge is -2.29. The van der Waals surface area contributed by atoms with Crippen LogP contribution < -0.4 is 10.6 Å². The van der Waals surface area contributed by atoms with E-state index in [-0.39, 0.29) is 5.91 Å². The number of likely N-dealkylation sites (tertiary alicyclic amines) is 1. The van der Waals surface area contributed by atoms with E-state index in [1.165, 1.54) is 0 Å². The number of anilines is 1. The maximum absolute atomic E-state index is 12.4. The van der Waals surface area contributed by atoms with Crippen molar-refractivity contribution < 1.29 is 4.79 Å². The highest BCUT2D eigenvalue weighted by atomic mass is 16.2. The van der Waals surface area contributed by atoms with Gasteiger partial charge in [0.25, 0.3) is 0 Å². The largest absolute Gasteiger partial charge is 0.326 e. The average Bonchev–Trinajstić information content (AvgIpc) is 2.86. The van der Waals surface area contributed by atoms with Gasteiger partial charge in [-0.05, 0) is 46.0 Å². The molecule has 1 unspecified atom stereocenters. The van der Waals surface area contributed by atoms with Gasteiger partial charge in [0.15, 0.2) is 0 Å². The van der Waals surface area contributed by atoms with E-state index in [4.69, 9.17) is 0 Å². The van der Waals surface area contributed by atoms with Crippen molar-refractivity contribution in [1.29, 1.82) is 0 Å². The topological polar surface area (TPSA) is 44.4 Å². The van der Waals surface area contributed by atoms with Crippen LogP contribution in [-0.2, 0) is 4.79 Å². The number of likely N-dealkylation sites (N-methyl/N-ethyl adjacent to an activating group) is 1. The van der Waals surface area contributed by atoms with Crippen molar-refractivity contribution in [3.8, 4) is 0 Å². The van der Waals surface area contributed by atoms with Crippen molar-refractivity contribution in [3.63, 3.8) is 0 Å². The molecule has 4 heteroatoms. The highest BCUT2D eigenvalue weighted by molar-refractivity contribution is 5.94. The zero-order valence-electron chi connectivity index (χ0n) is 12.6. The van der Waals surface area contributed by atoms with Gasteiger partial charge >= 0.3 is 0 Å². The SMILES string of the molecule is CNC1CCN(CC(C)(C)C(=O)Nc2ccccc2)C1. The van der Waals surface area contributed by atoms with Crippen molar-refractivity contribution in [1.82, 2.24) is 10.2 Å². The third-order valence-electron chi connectivity index (χ3n) is 3.95. The van der Waals surface area contributed by atoms with Gasteiger partial charge in [-0.3, -0.25) is 4.79 Å². The van der Waals surface area contributed by atoms with Crippen molar-refractivity contribution in [3.05, 3.63) is 30.3 Å². The number of hydrogen-bond acceptors (Lipinski definition) is 3. The molecule has 0 spiro atoms. The molecule has 110 valence electrons. The second-order valence-corrected chi connectivity index (χ2v) is 6.21. The molecule has 1 heterocycles. The molecule has 1 fully saturated rings. The number of nitrogens with zero attached hydrogens (tertiary/aromatic N) is 1. The number of benzene rings is 1. The van der Waals surface area contributed by atoms with Crippen molar-refractivity contribution in [2.45, 2.75) is 26.3 Å². The summed E-state index contributed by atoms with van der Waals surface area (Å²) in [4.78, 5) is 14.8. The fraction of sp³-hybridized carbons (Fsp3) is 0.562. The van der Waals surface area contributed by atoms with Gasteiger partial charge in [-0.1, -0.05) is 18.2 Å². The summed E-state index contributed by atoms with van der Waals surface area (Å²) in [5, 5.41) is 6.31. The van der Waals surface area contributed by atoms with Gasteiger partial charge in [0, 0.05) is 24.8 Å². The molecule has 2 rings (SSSR count). The third-order valence-corrected chi connectivity index (χ3v) is 3.95. The fourth-order valence-electron chi connectivity index (χ4n) is 2.66. The third kappa shape index (κ3) is 3.81. The summed E-state index contributed by atoms with van der Waals surface area (Å²) in [7, 11) is 2.00. The van der Waals surface area contributed by atoms with Gasteiger partial charge < -0.3 is 15.5 Å². The summed E-state index contributed by atoms with van der Waals surface area (Å²) >= 11 is 0. The van der Waals surface area contributed by atoms with E-state index in [2.05, 4.69) is 15.5 Å². The lowest BCUT2D eigenvalue weighted by atomic mass is 9.91. The zero-order valence-corrected chi connectivity index (χ0v) is 12.6. The Hall–Kier alpha value is -1.39. The highest BCUT2D eigenvalue weighted by Gasteiger charge is 2.32. The molecule has 2 N–H and O–H groups in total. The second kappa shape index (κ2) is 6.37. The predicted octanol–water partition coefficient (Wildman–Crippen LogP) is 1.94. The molecule has 0 aromatic heterocycles. The maximum Gasteiger partial charge on any atom is 0.231 e. The Morgan fingerprint density at radius 2 is 2.05 bits per heavy atom. The van der Waals surface area contributed by atoms with Gasteiger partial charge in [-0.25, -0.2) is 0 Å². The maximum atomic E-state index is 12.4. The van der Waals surface area contributed by atoms with E-state index in [9.17, 15) is 4.79 Å². The average molecular weight is 275 g/mol. The van der Waals surface area contributed by atoms with Crippen LogP contribution in [-0.4, -0.2) is 43.5 Å². The Morgan fingerprint density at radius 1 is 1.35 bits per heavy atom. The van der Waals surface area contributed by atoms with Crippen molar-refractivity contribution in [2.24, 2.45) is 5.41 Å². The Morgan fingerprint density at radius 3 is 2.65 bits per heavy atom. The number of carbonyl (C=O) groups is 1. The number of carbonyl (C=O) groups excluding carboxylic acids is 1. The lowest BCUT2D eigenvalue weighted by Crippen LogP contribution is -2.42. The number of rotatable bonds is 5. The molecule has 1 aromatic carbocycles. The summed E-state index contributed by atoms with van der Waals surface area (Å²) < 4.78 is 0. The van der Waals surface area contributed by atoms with Crippen molar-refractivity contribution in [2.75, 3.05) is 32.0 Å². The molecule has 1 aliphatic rings. The van der Waals surface area contributed by atoms with Crippen LogP contribution in [0.5, 0.6) is 0 Å².